The van der Waals surface area contributed by atoms with Crippen LogP contribution in [0.3, 0.4) is 0 Å². The fraction of sp³-hybridized carbons (Fsp3) is 0.368. The standard InChI is InChI=1S/C19H21NO/c1-18-12-7-13-19(18,21)20(14-15-8-3-2-4-9-15)17-11-6-5-10-16(17)18/h2-6,8-11,21H,7,12-14H2,1H3/t18-,19+/m0/s1. The minimum atomic E-state index is -0.744. The van der Waals surface area contributed by atoms with Crippen molar-refractivity contribution in [3.05, 3.63) is 65.7 Å². The van der Waals surface area contributed by atoms with Gasteiger partial charge >= 0.3 is 0 Å². The van der Waals surface area contributed by atoms with Crippen LogP contribution in [0.4, 0.5) is 5.69 Å². The maximum absolute atomic E-state index is 11.5. The zero-order valence-corrected chi connectivity index (χ0v) is 12.4. The number of anilines is 1. The van der Waals surface area contributed by atoms with Gasteiger partial charge in [-0.1, -0.05) is 55.5 Å². The van der Waals surface area contributed by atoms with Gasteiger partial charge in [-0.3, -0.25) is 0 Å². The van der Waals surface area contributed by atoms with Crippen LogP contribution in [0.15, 0.2) is 54.6 Å². The van der Waals surface area contributed by atoms with Crippen LogP contribution in [0.25, 0.3) is 0 Å². The number of hydrogen-bond acceptors (Lipinski definition) is 2. The van der Waals surface area contributed by atoms with Gasteiger partial charge in [-0.2, -0.15) is 0 Å². The van der Waals surface area contributed by atoms with E-state index in [0.717, 1.165) is 25.8 Å². The zero-order valence-electron chi connectivity index (χ0n) is 12.4. The summed E-state index contributed by atoms with van der Waals surface area (Å²) >= 11 is 0. The van der Waals surface area contributed by atoms with E-state index in [1.54, 1.807) is 0 Å². The van der Waals surface area contributed by atoms with Gasteiger partial charge in [0.25, 0.3) is 0 Å². The van der Waals surface area contributed by atoms with Crippen LogP contribution in [0.1, 0.15) is 37.3 Å². The van der Waals surface area contributed by atoms with Crippen molar-refractivity contribution in [2.45, 2.75) is 43.9 Å². The van der Waals surface area contributed by atoms with Gasteiger partial charge in [-0.05, 0) is 36.5 Å². The van der Waals surface area contributed by atoms with Crippen molar-refractivity contribution in [3.8, 4) is 0 Å². The van der Waals surface area contributed by atoms with E-state index >= 15 is 0 Å². The molecule has 1 heterocycles. The SMILES string of the molecule is C[C@@]12CCC[C@]1(O)N(Cc1ccccc1)c1ccccc12. The number of para-hydroxylation sites is 1. The summed E-state index contributed by atoms with van der Waals surface area (Å²) in [6.07, 6.45) is 3.00. The summed E-state index contributed by atoms with van der Waals surface area (Å²) in [5, 5.41) is 11.5. The monoisotopic (exact) mass is 279 g/mol. The Labute approximate surface area is 126 Å². The molecule has 0 amide bonds. The Hall–Kier alpha value is -1.80. The topological polar surface area (TPSA) is 23.5 Å². The Balaban J connectivity index is 1.82. The van der Waals surface area contributed by atoms with Crippen LogP contribution >= 0.6 is 0 Å². The molecule has 2 heteroatoms. The molecule has 0 aromatic heterocycles. The van der Waals surface area contributed by atoms with Gasteiger partial charge in [0.2, 0.25) is 0 Å². The number of hydrogen-bond donors (Lipinski definition) is 1. The average molecular weight is 279 g/mol. The fourth-order valence-corrected chi connectivity index (χ4v) is 4.30. The minimum absolute atomic E-state index is 0.141. The van der Waals surface area contributed by atoms with Crippen LogP contribution in [0, 0.1) is 0 Å². The van der Waals surface area contributed by atoms with Crippen LogP contribution in [0.2, 0.25) is 0 Å². The third kappa shape index (κ3) is 1.63. The second-order valence-electron chi connectivity index (χ2n) is 6.59. The normalized spacial score (nSPS) is 30.3. The van der Waals surface area contributed by atoms with E-state index in [2.05, 4.69) is 60.4 Å². The quantitative estimate of drug-likeness (QED) is 0.903. The van der Waals surface area contributed by atoms with Gasteiger partial charge in [0.05, 0.1) is 0 Å². The van der Waals surface area contributed by atoms with Gasteiger partial charge in [0.1, 0.15) is 5.72 Å². The lowest BCUT2D eigenvalue weighted by Gasteiger charge is -2.40. The van der Waals surface area contributed by atoms with Gasteiger partial charge in [0.15, 0.2) is 0 Å². The highest BCUT2D eigenvalue weighted by atomic mass is 16.3. The Morgan fingerprint density at radius 3 is 2.52 bits per heavy atom. The van der Waals surface area contributed by atoms with Crippen LogP contribution in [0.5, 0.6) is 0 Å². The number of nitrogens with zero attached hydrogens (tertiary/aromatic N) is 1. The van der Waals surface area contributed by atoms with E-state index in [9.17, 15) is 5.11 Å². The molecule has 1 saturated carbocycles. The highest BCUT2D eigenvalue weighted by Gasteiger charge is 2.60. The molecule has 0 unspecified atom stereocenters. The first-order valence-electron chi connectivity index (χ1n) is 7.79. The van der Waals surface area contributed by atoms with Gasteiger partial charge in [-0.25, -0.2) is 0 Å². The molecule has 2 aromatic rings. The molecule has 21 heavy (non-hydrogen) atoms. The van der Waals surface area contributed by atoms with Crippen molar-refractivity contribution in [3.63, 3.8) is 0 Å². The van der Waals surface area contributed by atoms with Crippen LogP contribution < -0.4 is 4.90 Å². The first-order chi connectivity index (χ1) is 10.2. The molecular formula is C19H21NO. The highest BCUT2D eigenvalue weighted by molar-refractivity contribution is 5.66. The van der Waals surface area contributed by atoms with E-state index in [0.29, 0.717) is 0 Å². The summed E-state index contributed by atoms with van der Waals surface area (Å²) in [7, 11) is 0. The van der Waals surface area contributed by atoms with Crippen molar-refractivity contribution in [2.24, 2.45) is 0 Å². The molecule has 4 rings (SSSR count). The van der Waals surface area contributed by atoms with Gasteiger partial charge in [-0.15, -0.1) is 0 Å². The smallest absolute Gasteiger partial charge is 0.147 e. The third-order valence-electron chi connectivity index (χ3n) is 5.51. The van der Waals surface area contributed by atoms with Gasteiger partial charge < -0.3 is 10.0 Å². The summed E-state index contributed by atoms with van der Waals surface area (Å²) in [6, 6.07) is 18.9. The molecule has 0 spiro atoms. The molecule has 1 N–H and O–H groups in total. The molecule has 2 aliphatic rings. The molecule has 1 aliphatic heterocycles. The Morgan fingerprint density at radius 1 is 1.00 bits per heavy atom. The molecule has 2 atom stereocenters. The molecular weight excluding hydrogens is 258 g/mol. The van der Waals surface area contributed by atoms with Gasteiger partial charge in [0, 0.05) is 17.6 Å². The van der Waals surface area contributed by atoms with Crippen LogP contribution in [-0.2, 0) is 12.0 Å². The number of rotatable bonds is 2. The third-order valence-corrected chi connectivity index (χ3v) is 5.51. The average Bonchev–Trinajstić information content (AvgIpc) is 2.91. The summed E-state index contributed by atoms with van der Waals surface area (Å²) in [5.41, 5.74) is 2.87. The Morgan fingerprint density at radius 2 is 1.71 bits per heavy atom. The second-order valence-corrected chi connectivity index (χ2v) is 6.59. The summed E-state index contributed by atoms with van der Waals surface area (Å²) in [5.74, 6) is 0. The molecule has 1 fully saturated rings. The molecule has 2 nitrogen and oxygen atoms in total. The lowest BCUT2D eigenvalue weighted by atomic mass is 9.78. The maximum atomic E-state index is 11.5. The molecule has 0 radical (unpaired) electrons. The lowest BCUT2D eigenvalue weighted by molar-refractivity contribution is -0.00380. The van der Waals surface area contributed by atoms with Crippen molar-refractivity contribution < 1.29 is 5.11 Å². The fourth-order valence-electron chi connectivity index (χ4n) is 4.30. The summed E-state index contributed by atoms with van der Waals surface area (Å²) < 4.78 is 0. The van der Waals surface area contributed by atoms with E-state index in [-0.39, 0.29) is 5.41 Å². The van der Waals surface area contributed by atoms with E-state index in [1.807, 2.05) is 6.07 Å². The number of aliphatic hydroxyl groups is 1. The highest BCUT2D eigenvalue weighted by Crippen LogP contribution is 2.59. The predicted molar refractivity (Wildman–Crippen MR) is 85.2 cm³/mol. The van der Waals surface area contributed by atoms with Crippen molar-refractivity contribution in [2.75, 3.05) is 4.90 Å². The van der Waals surface area contributed by atoms with Crippen LogP contribution in [-0.4, -0.2) is 10.8 Å². The van der Waals surface area contributed by atoms with E-state index in [1.165, 1.54) is 16.8 Å². The lowest BCUT2D eigenvalue weighted by Crippen LogP contribution is -2.53. The maximum Gasteiger partial charge on any atom is 0.147 e. The Kier molecular flexibility index (Phi) is 2.67. The first kappa shape index (κ1) is 12.9. The molecule has 1 aliphatic carbocycles. The first-order valence-corrected chi connectivity index (χ1v) is 7.79. The Bertz CT molecular complexity index is 668. The molecule has 108 valence electrons. The molecule has 0 bridgehead atoms. The summed E-state index contributed by atoms with van der Waals surface area (Å²) in [4.78, 5) is 2.23. The molecule has 2 aromatic carbocycles. The van der Waals surface area contributed by atoms with Crippen molar-refractivity contribution in [1.82, 2.24) is 0 Å². The summed E-state index contributed by atoms with van der Waals surface area (Å²) in [6.45, 7) is 2.99. The predicted octanol–water partition coefficient (Wildman–Crippen LogP) is 3.84. The number of benzene rings is 2. The molecule has 0 saturated heterocycles. The van der Waals surface area contributed by atoms with Crippen molar-refractivity contribution >= 4 is 5.69 Å². The number of fused-ring (bicyclic) bond motifs is 3. The van der Waals surface area contributed by atoms with E-state index in [4.69, 9.17) is 0 Å². The zero-order chi connectivity index (χ0) is 14.5. The van der Waals surface area contributed by atoms with E-state index < -0.39 is 5.72 Å². The largest absolute Gasteiger partial charge is 0.370 e. The minimum Gasteiger partial charge on any atom is -0.370 e. The van der Waals surface area contributed by atoms with Crippen molar-refractivity contribution in [1.29, 1.82) is 0 Å². The second kappa shape index (κ2) is 4.35.